The molecule has 0 spiro atoms. The molecule has 1 atom stereocenters. The van der Waals surface area contributed by atoms with E-state index in [1.54, 1.807) is 42.5 Å². The molecule has 1 fully saturated rings. The maximum atomic E-state index is 13.2. The summed E-state index contributed by atoms with van der Waals surface area (Å²) in [6, 6.07) is 15.0. The summed E-state index contributed by atoms with van der Waals surface area (Å²) in [5, 5.41) is 14.0. The monoisotopic (exact) mass is 510 g/mol. The maximum absolute atomic E-state index is 13.2. The van der Waals surface area contributed by atoms with Crippen molar-refractivity contribution >= 4 is 67.1 Å². The van der Waals surface area contributed by atoms with Crippen LogP contribution >= 0.6 is 34.3 Å². The van der Waals surface area contributed by atoms with Gasteiger partial charge >= 0.3 is 5.91 Å². The second-order valence-electron chi connectivity index (χ2n) is 7.67. The summed E-state index contributed by atoms with van der Waals surface area (Å²) in [5.41, 5.74) is 1.14. The Balaban J connectivity index is 1.62. The highest BCUT2D eigenvalue weighted by atomic mass is 35.5. The van der Waals surface area contributed by atoms with Crippen LogP contribution in [0, 0.1) is 0 Å². The third-order valence-corrected chi connectivity index (χ3v) is 7.58. The number of ether oxygens (including phenoxy) is 1. The SMILES string of the molecule is CCCOc1ccc(C(O)=C2C(=O)C(=O)N(c3nc4ccc(Cl)cc4s3)C2c2cccs2)cc1. The highest BCUT2D eigenvalue weighted by molar-refractivity contribution is 7.22. The Bertz CT molecular complexity index is 1410. The van der Waals surface area contributed by atoms with Crippen molar-refractivity contribution in [2.45, 2.75) is 19.4 Å². The molecule has 0 saturated carbocycles. The molecule has 34 heavy (non-hydrogen) atoms. The summed E-state index contributed by atoms with van der Waals surface area (Å²) in [7, 11) is 0. The number of benzene rings is 2. The molecule has 3 heterocycles. The molecule has 6 nitrogen and oxygen atoms in total. The number of nitrogens with zero attached hydrogens (tertiary/aromatic N) is 2. The molecule has 2 aromatic carbocycles. The van der Waals surface area contributed by atoms with Crippen LogP contribution in [0.15, 0.2) is 65.6 Å². The van der Waals surface area contributed by atoms with Gasteiger partial charge in [-0.1, -0.05) is 35.9 Å². The van der Waals surface area contributed by atoms with Crippen molar-refractivity contribution in [3.05, 3.63) is 81.0 Å². The summed E-state index contributed by atoms with van der Waals surface area (Å²) < 4.78 is 6.41. The first-order chi connectivity index (χ1) is 16.5. The molecule has 5 rings (SSSR count). The Kier molecular flexibility index (Phi) is 6.12. The van der Waals surface area contributed by atoms with Crippen molar-refractivity contribution in [2.75, 3.05) is 11.5 Å². The van der Waals surface area contributed by atoms with E-state index in [1.165, 1.54) is 27.6 Å². The van der Waals surface area contributed by atoms with E-state index in [0.29, 0.717) is 33.6 Å². The minimum absolute atomic E-state index is 0.0342. The topological polar surface area (TPSA) is 79.7 Å². The number of amides is 1. The number of ketones is 1. The molecule has 1 saturated heterocycles. The Morgan fingerprint density at radius 3 is 2.68 bits per heavy atom. The Labute approximate surface area is 208 Å². The number of aliphatic hydroxyl groups excluding tert-OH is 1. The first-order valence-corrected chi connectivity index (χ1v) is 12.7. The third kappa shape index (κ3) is 3.98. The number of aliphatic hydroxyl groups is 1. The minimum atomic E-state index is -0.785. The summed E-state index contributed by atoms with van der Waals surface area (Å²) in [6.45, 7) is 2.60. The largest absolute Gasteiger partial charge is 0.507 e. The number of carbonyl (C=O) groups is 2. The first kappa shape index (κ1) is 22.6. The van der Waals surface area contributed by atoms with E-state index in [-0.39, 0.29) is 11.3 Å². The Morgan fingerprint density at radius 2 is 1.97 bits per heavy atom. The molecule has 172 valence electrons. The number of aromatic nitrogens is 1. The fourth-order valence-electron chi connectivity index (χ4n) is 3.82. The highest BCUT2D eigenvalue weighted by Gasteiger charge is 2.48. The number of hydrogen-bond donors (Lipinski definition) is 1. The van der Waals surface area contributed by atoms with Crippen LogP contribution in [0.5, 0.6) is 5.75 Å². The first-order valence-electron chi connectivity index (χ1n) is 10.6. The van der Waals surface area contributed by atoms with E-state index in [4.69, 9.17) is 16.3 Å². The lowest BCUT2D eigenvalue weighted by atomic mass is 10.00. The van der Waals surface area contributed by atoms with Crippen LogP contribution in [-0.2, 0) is 9.59 Å². The van der Waals surface area contributed by atoms with Crippen LogP contribution in [-0.4, -0.2) is 28.4 Å². The van der Waals surface area contributed by atoms with Crippen molar-refractivity contribution in [3.63, 3.8) is 0 Å². The van der Waals surface area contributed by atoms with Crippen LogP contribution < -0.4 is 9.64 Å². The van der Waals surface area contributed by atoms with Crippen molar-refractivity contribution in [2.24, 2.45) is 0 Å². The zero-order valence-corrected chi connectivity index (χ0v) is 20.4. The number of carbonyl (C=O) groups excluding carboxylic acids is 2. The van der Waals surface area contributed by atoms with Crippen LogP contribution in [0.25, 0.3) is 16.0 Å². The van der Waals surface area contributed by atoms with Gasteiger partial charge in [-0.15, -0.1) is 11.3 Å². The molecule has 0 aliphatic carbocycles. The molecule has 1 amide bonds. The van der Waals surface area contributed by atoms with E-state index in [9.17, 15) is 14.7 Å². The van der Waals surface area contributed by atoms with Gasteiger partial charge in [0.15, 0.2) is 5.13 Å². The van der Waals surface area contributed by atoms with Gasteiger partial charge in [0.1, 0.15) is 17.6 Å². The van der Waals surface area contributed by atoms with E-state index in [1.807, 2.05) is 24.4 Å². The lowest BCUT2D eigenvalue weighted by Gasteiger charge is -2.21. The zero-order valence-electron chi connectivity index (χ0n) is 18.0. The van der Waals surface area contributed by atoms with Crippen LogP contribution in [0.2, 0.25) is 5.02 Å². The molecule has 1 N–H and O–H groups in total. The standard InChI is InChI=1S/C25H19ClN2O4S2/c1-2-11-32-16-8-5-14(6-9-16)22(29)20-21(18-4-3-12-33-18)28(24(31)23(20)30)25-27-17-10-7-15(26)13-19(17)34-25/h3-10,12-13,21,29H,2,11H2,1H3. The summed E-state index contributed by atoms with van der Waals surface area (Å²) in [5.74, 6) is -1.04. The smallest absolute Gasteiger partial charge is 0.301 e. The van der Waals surface area contributed by atoms with Gasteiger partial charge in [-0.05, 0) is 60.3 Å². The predicted octanol–water partition coefficient (Wildman–Crippen LogP) is 6.43. The number of rotatable bonds is 6. The van der Waals surface area contributed by atoms with Gasteiger partial charge in [0.25, 0.3) is 5.78 Å². The number of thiophene rings is 1. The van der Waals surface area contributed by atoms with Gasteiger partial charge in [-0.2, -0.15) is 0 Å². The summed E-state index contributed by atoms with van der Waals surface area (Å²) in [6.07, 6.45) is 0.879. The van der Waals surface area contributed by atoms with E-state index in [2.05, 4.69) is 4.98 Å². The fourth-order valence-corrected chi connectivity index (χ4v) is 5.91. The second-order valence-corrected chi connectivity index (χ2v) is 10.1. The average Bonchev–Trinajstić information content (AvgIpc) is 3.56. The van der Waals surface area contributed by atoms with Crippen molar-refractivity contribution in [1.82, 2.24) is 4.98 Å². The molecule has 0 bridgehead atoms. The summed E-state index contributed by atoms with van der Waals surface area (Å²) in [4.78, 5) is 33.2. The lowest BCUT2D eigenvalue weighted by molar-refractivity contribution is -0.132. The van der Waals surface area contributed by atoms with E-state index >= 15 is 0 Å². The van der Waals surface area contributed by atoms with Crippen molar-refractivity contribution < 1.29 is 19.4 Å². The van der Waals surface area contributed by atoms with Crippen molar-refractivity contribution in [1.29, 1.82) is 0 Å². The number of halogens is 1. The number of fused-ring (bicyclic) bond motifs is 1. The van der Waals surface area contributed by atoms with E-state index < -0.39 is 17.7 Å². The third-order valence-electron chi connectivity index (χ3n) is 5.40. The molecular weight excluding hydrogens is 492 g/mol. The minimum Gasteiger partial charge on any atom is -0.507 e. The Hall–Kier alpha value is -3.20. The fraction of sp³-hybridized carbons (Fsp3) is 0.160. The zero-order chi connectivity index (χ0) is 23.8. The van der Waals surface area contributed by atoms with Gasteiger partial charge < -0.3 is 9.84 Å². The van der Waals surface area contributed by atoms with Crippen molar-refractivity contribution in [3.8, 4) is 5.75 Å². The van der Waals surface area contributed by atoms with Crippen LogP contribution in [0.1, 0.15) is 29.8 Å². The average molecular weight is 511 g/mol. The molecule has 0 radical (unpaired) electrons. The van der Waals surface area contributed by atoms with Gasteiger partial charge in [0.05, 0.1) is 22.4 Å². The Morgan fingerprint density at radius 1 is 1.18 bits per heavy atom. The molecule has 1 aliphatic heterocycles. The molecule has 4 aromatic rings. The molecule has 2 aromatic heterocycles. The van der Waals surface area contributed by atoms with Gasteiger partial charge in [0.2, 0.25) is 0 Å². The molecule has 9 heteroatoms. The summed E-state index contributed by atoms with van der Waals surface area (Å²) >= 11 is 8.80. The highest BCUT2D eigenvalue weighted by Crippen LogP contribution is 2.45. The number of hydrogen-bond acceptors (Lipinski definition) is 7. The van der Waals surface area contributed by atoms with Gasteiger partial charge in [-0.3, -0.25) is 14.5 Å². The number of thiazole rings is 1. The van der Waals surface area contributed by atoms with Gasteiger partial charge in [-0.25, -0.2) is 4.98 Å². The van der Waals surface area contributed by atoms with Crippen LogP contribution in [0.3, 0.4) is 0 Å². The molecule has 1 aliphatic rings. The van der Waals surface area contributed by atoms with Crippen LogP contribution in [0.4, 0.5) is 5.13 Å². The number of Topliss-reactive ketones (excluding diaryl/α,β-unsaturated/α-hetero) is 1. The molecule has 1 unspecified atom stereocenters. The number of anilines is 1. The molecular formula is C25H19ClN2O4S2. The van der Waals surface area contributed by atoms with E-state index in [0.717, 1.165) is 16.0 Å². The lowest BCUT2D eigenvalue weighted by Crippen LogP contribution is -2.28. The van der Waals surface area contributed by atoms with Gasteiger partial charge in [0, 0.05) is 15.5 Å². The predicted molar refractivity (Wildman–Crippen MR) is 136 cm³/mol. The normalized spacial score (nSPS) is 17.6. The second kappa shape index (κ2) is 9.21. The quantitative estimate of drug-likeness (QED) is 0.184. The maximum Gasteiger partial charge on any atom is 0.301 e.